The monoisotopic (exact) mass is 427 g/mol. The SMILES string of the molecule is O=C(NCC(F)(F)F)c1ccccc1NS(=O)(=O)c1ccc(Cl)nc1Cl. The molecule has 1 aromatic carbocycles. The van der Waals surface area contributed by atoms with Crippen molar-refractivity contribution >= 4 is 44.8 Å². The molecular weight excluding hydrogens is 418 g/mol. The summed E-state index contributed by atoms with van der Waals surface area (Å²) in [7, 11) is -4.27. The van der Waals surface area contributed by atoms with Gasteiger partial charge in [0.1, 0.15) is 16.6 Å². The van der Waals surface area contributed by atoms with E-state index in [2.05, 4.69) is 9.71 Å². The molecule has 0 aliphatic rings. The number of sulfonamides is 1. The van der Waals surface area contributed by atoms with Crippen LogP contribution in [-0.2, 0) is 10.0 Å². The Balaban J connectivity index is 2.31. The van der Waals surface area contributed by atoms with E-state index >= 15 is 0 Å². The number of carbonyl (C=O) groups excluding carboxylic acids is 1. The first-order chi connectivity index (χ1) is 12.0. The van der Waals surface area contributed by atoms with Crippen LogP contribution in [0.5, 0.6) is 0 Å². The van der Waals surface area contributed by atoms with Gasteiger partial charge in [0.2, 0.25) is 0 Å². The van der Waals surface area contributed by atoms with Crippen LogP contribution in [0, 0.1) is 0 Å². The predicted octanol–water partition coefficient (Wildman–Crippen LogP) is 3.48. The van der Waals surface area contributed by atoms with Crippen LogP contribution in [-0.4, -0.2) is 32.0 Å². The fourth-order valence-electron chi connectivity index (χ4n) is 1.85. The maximum atomic E-state index is 12.4. The number of rotatable bonds is 5. The Morgan fingerprint density at radius 1 is 1.12 bits per heavy atom. The number of para-hydroxylation sites is 1. The molecule has 0 aliphatic carbocycles. The van der Waals surface area contributed by atoms with Gasteiger partial charge in [0, 0.05) is 0 Å². The minimum absolute atomic E-state index is 0.0270. The third-order valence-electron chi connectivity index (χ3n) is 2.94. The highest BCUT2D eigenvalue weighted by atomic mass is 35.5. The Morgan fingerprint density at radius 2 is 1.77 bits per heavy atom. The summed E-state index contributed by atoms with van der Waals surface area (Å²) in [5.41, 5.74) is -0.517. The van der Waals surface area contributed by atoms with Gasteiger partial charge in [0.05, 0.1) is 11.3 Å². The second-order valence-electron chi connectivity index (χ2n) is 4.87. The third kappa shape index (κ3) is 5.23. The first-order valence-corrected chi connectivity index (χ1v) is 9.02. The van der Waals surface area contributed by atoms with E-state index in [1.807, 2.05) is 0 Å². The number of alkyl halides is 3. The van der Waals surface area contributed by atoms with E-state index in [4.69, 9.17) is 23.2 Å². The summed E-state index contributed by atoms with van der Waals surface area (Å²) in [6.45, 7) is -1.56. The van der Waals surface area contributed by atoms with Gasteiger partial charge in [-0.25, -0.2) is 13.4 Å². The second-order valence-corrected chi connectivity index (χ2v) is 7.27. The maximum Gasteiger partial charge on any atom is 0.405 e. The first kappa shape index (κ1) is 20.3. The molecule has 6 nitrogen and oxygen atoms in total. The summed E-state index contributed by atoms with van der Waals surface area (Å²) in [4.78, 5) is 15.1. The number of halogens is 5. The predicted molar refractivity (Wildman–Crippen MR) is 89.9 cm³/mol. The van der Waals surface area contributed by atoms with E-state index in [1.165, 1.54) is 30.3 Å². The first-order valence-electron chi connectivity index (χ1n) is 6.78. The number of pyridine rings is 1. The lowest BCUT2D eigenvalue weighted by Crippen LogP contribution is -2.34. The number of hydrogen-bond acceptors (Lipinski definition) is 4. The highest BCUT2D eigenvalue weighted by Gasteiger charge is 2.29. The Kier molecular flexibility index (Phi) is 5.99. The Morgan fingerprint density at radius 3 is 2.38 bits per heavy atom. The van der Waals surface area contributed by atoms with E-state index in [0.717, 1.165) is 6.07 Å². The van der Waals surface area contributed by atoms with Gasteiger partial charge in [-0.05, 0) is 24.3 Å². The standard InChI is InChI=1S/C14H10Cl2F3N3O3S/c15-11-6-5-10(12(16)21-11)26(24,25)22-9-4-2-1-3-8(9)13(23)20-7-14(17,18)19/h1-6,22H,7H2,(H,20,23). The van der Waals surface area contributed by atoms with Gasteiger partial charge in [0.15, 0.2) is 5.15 Å². The third-order valence-corrected chi connectivity index (χ3v) is 4.94. The van der Waals surface area contributed by atoms with Crippen molar-refractivity contribution in [2.24, 2.45) is 0 Å². The zero-order valence-electron chi connectivity index (χ0n) is 12.6. The van der Waals surface area contributed by atoms with E-state index in [0.29, 0.717) is 0 Å². The van der Waals surface area contributed by atoms with E-state index in [1.54, 1.807) is 5.32 Å². The van der Waals surface area contributed by atoms with Crippen LogP contribution in [0.2, 0.25) is 10.3 Å². The number of hydrogen-bond donors (Lipinski definition) is 2. The van der Waals surface area contributed by atoms with Crippen molar-refractivity contribution in [1.29, 1.82) is 0 Å². The van der Waals surface area contributed by atoms with Gasteiger partial charge in [-0.1, -0.05) is 35.3 Å². The summed E-state index contributed by atoms with van der Waals surface area (Å²) in [6.07, 6.45) is -4.60. The molecule has 2 rings (SSSR count). The van der Waals surface area contributed by atoms with Crippen molar-refractivity contribution in [3.8, 4) is 0 Å². The number of anilines is 1. The highest BCUT2D eigenvalue weighted by Crippen LogP contribution is 2.25. The number of nitrogens with one attached hydrogen (secondary N) is 2. The van der Waals surface area contributed by atoms with Gasteiger partial charge < -0.3 is 5.32 Å². The Hall–Kier alpha value is -2.04. The van der Waals surface area contributed by atoms with Crippen LogP contribution in [0.25, 0.3) is 0 Å². The molecule has 12 heteroatoms. The van der Waals surface area contributed by atoms with Crippen molar-refractivity contribution in [3.63, 3.8) is 0 Å². The largest absolute Gasteiger partial charge is 0.405 e. The van der Waals surface area contributed by atoms with Crippen LogP contribution in [0.3, 0.4) is 0 Å². The molecule has 0 unspecified atom stereocenters. The summed E-state index contributed by atoms with van der Waals surface area (Å²) >= 11 is 11.4. The fourth-order valence-corrected chi connectivity index (χ4v) is 3.59. The van der Waals surface area contributed by atoms with Crippen molar-refractivity contribution < 1.29 is 26.4 Å². The Bertz CT molecular complexity index is 937. The number of aromatic nitrogens is 1. The zero-order valence-corrected chi connectivity index (χ0v) is 15.0. The molecule has 0 radical (unpaired) electrons. The summed E-state index contributed by atoms with van der Waals surface area (Å²) in [6, 6.07) is 7.47. The van der Waals surface area contributed by atoms with Crippen LogP contribution >= 0.6 is 23.2 Å². The van der Waals surface area contributed by atoms with Gasteiger partial charge in [-0.2, -0.15) is 13.2 Å². The lowest BCUT2D eigenvalue weighted by molar-refractivity contribution is -0.123. The molecule has 2 N–H and O–H groups in total. The number of benzene rings is 1. The molecule has 1 amide bonds. The molecule has 26 heavy (non-hydrogen) atoms. The van der Waals surface area contributed by atoms with Crippen LogP contribution in [0.15, 0.2) is 41.3 Å². The molecule has 1 heterocycles. The molecule has 0 saturated carbocycles. The molecule has 0 fully saturated rings. The van der Waals surface area contributed by atoms with E-state index in [-0.39, 0.29) is 16.4 Å². The minimum atomic E-state index is -4.60. The molecule has 0 atom stereocenters. The van der Waals surface area contributed by atoms with Gasteiger partial charge in [-0.15, -0.1) is 0 Å². The van der Waals surface area contributed by atoms with E-state index < -0.39 is 38.7 Å². The summed E-state index contributed by atoms with van der Waals surface area (Å²) < 4.78 is 63.7. The lowest BCUT2D eigenvalue weighted by atomic mass is 10.1. The van der Waals surface area contributed by atoms with Gasteiger partial charge in [0.25, 0.3) is 15.9 Å². The van der Waals surface area contributed by atoms with E-state index in [9.17, 15) is 26.4 Å². The van der Waals surface area contributed by atoms with Gasteiger partial charge >= 0.3 is 6.18 Å². The van der Waals surface area contributed by atoms with Crippen molar-refractivity contribution in [2.75, 3.05) is 11.3 Å². The average Bonchev–Trinajstić information content (AvgIpc) is 2.51. The topological polar surface area (TPSA) is 88.2 Å². The highest BCUT2D eigenvalue weighted by molar-refractivity contribution is 7.92. The fraction of sp³-hybridized carbons (Fsp3) is 0.143. The zero-order chi connectivity index (χ0) is 19.5. The van der Waals surface area contributed by atoms with Crippen molar-refractivity contribution in [2.45, 2.75) is 11.1 Å². The maximum absolute atomic E-state index is 12.4. The normalized spacial score (nSPS) is 11.9. The van der Waals surface area contributed by atoms with Crippen LogP contribution in [0.4, 0.5) is 18.9 Å². The van der Waals surface area contributed by atoms with Crippen molar-refractivity contribution in [3.05, 3.63) is 52.3 Å². The molecule has 0 bridgehead atoms. The quantitative estimate of drug-likeness (QED) is 0.714. The minimum Gasteiger partial charge on any atom is -0.343 e. The average molecular weight is 428 g/mol. The number of carbonyl (C=O) groups is 1. The van der Waals surface area contributed by atoms with Crippen molar-refractivity contribution in [1.82, 2.24) is 10.3 Å². The molecule has 140 valence electrons. The van der Waals surface area contributed by atoms with Crippen LogP contribution in [0.1, 0.15) is 10.4 Å². The molecule has 0 saturated heterocycles. The molecule has 1 aromatic heterocycles. The van der Waals surface area contributed by atoms with Gasteiger partial charge in [-0.3, -0.25) is 9.52 Å². The summed E-state index contributed by atoms with van der Waals surface area (Å²) in [5.74, 6) is -1.10. The molecule has 0 aliphatic heterocycles. The smallest absolute Gasteiger partial charge is 0.343 e. The Labute approximate surface area is 156 Å². The number of nitrogens with zero attached hydrogens (tertiary/aromatic N) is 1. The lowest BCUT2D eigenvalue weighted by Gasteiger charge is -2.14. The van der Waals surface area contributed by atoms with Crippen LogP contribution < -0.4 is 10.0 Å². The second kappa shape index (κ2) is 7.68. The number of amides is 1. The molecular formula is C14H10Cl2F3N3O3S. The molecule has 0 spiro atoms. The molecule has 2 aromatic rings. The summed E-state index contributed by atoms with van der Waals surface area (Å²) in [5, 5.41) is 1.24.